The summed E-state index contributed by atoms with van der Waals surface area (Å²) in [5, 5.41) is 3.02. The molecule has 1 unspecified atom stereocenters. The second-order valence-corrected chi connectivity index (χ2v) is 13.4. The Balaban J connectivity index is 1.82. The second-order valence-electron chi connectivity index (χ2n) is 11.5. The summed E-state index contributed by atoms with van der Waals surface area (Å²) in [4.78, 5) is 30.2. The minimum Gasteiger partial charge on any atom is -0.497 e. The Bertz CT molecular complexity index is 1730. The summed E-state index contributed by atoms with van der Waals surface area (Å²) in [7, 11) is -2.60. The van der Waals surface area contributed by atoms with E-state index in [2.05, 4.69) is 5.32 Å². The van der Waals surface area contributed by atoms with Gasteiger partial charge >= 0.3 is 0 Å². The van der Waals surface area contributed by atoms with Crippen LogP contribution < -0.4 is 14.4 Å². The molecule has 0 spiro atoms. The number of unbranched alkanes of at least 4 members (excludes halogenated alkanes) is 1. The molecule has 0 saturated carbocycles. The van der Waals surface area contributed by atoms with E-state index in [0.29, 0.717) is 24.4 Å². The van der Waals surface area contributed by atoms with Crippen LogP contribution in [-0.2, 0) is 39.0 Å². The van der Waals surface area contributed by atoms with Crippen molar-refractivity contribution in [3.8, 4) is 5.75 Å². The van der Waals surface area contributed by atoms with E-state index in [1.807, 2.05) is 87.5 Å². The van der Waals surface area contributed by atoms with Crippen molar-refractivity contribution in [1.29, 1.82) is 0 Å². The van der Waals surface area contributed by atoms with Crippen LogP contribution >= 0.6 is 0 Å². The fourth-order valence-corrected chi connectivity index (χ4v) is 6.88. The highest BCUT2D eigenvalue weighted by atomic mass is 32.2. The number of hydrogen-bond donors (Lipinski definition) is 1. The second kappa shape index (κ2) is 16.8. The van der Waals surface area contributed by atoms with Crippen LogP contribution in [0.15, 0.2) is 108 Å². The first-order valence-electron chi connectivity index (χ1n) is 16.1. The topological polar surface area (TPSA) is 96.0 Å². The number of carbonyl (C=O) groups is 2. The lowest BCUT2D eigenvalue weighted by molar-refractivity contribution is -0.140. The van der Waals surface area contributed by atoms with Gasteiger partial charge in [0.1, 0.15) is 18.3 Å². The summed E-state index contributed by atoms with van der Waals surface area (Å²) >= 11 is 0. The molecule has 0 aromatic heterocycles. The van der Waals surface area contributed by atoms with Gasteiger partial charge in [0.15, 0.2) is 0 Å². The molecule has 4 aromatic rings. The molecule has 1 N–H and O–H groups in total. The third-order valence-electron chi connectivity index (χ3n) is 8.12. The highest BCUT2D eigenvalue weighted by molar-refractivity contribution is 7.92. The van der Waals surface area contributed by atoms with Crippen LogP contribution in [0.2, 0.25) is 0 Å². The monoisotopic (exact) mass is 655 g/mol. The maximum absolute atomic E-state index is 14.7. The molecule has 47 heavy (non-hydrogen) atoms. The first-order chi connectivity index (χ1) is 22.7. The molecule has 0 heterocycles. The van der Waals surface area contributed by atoms with E-state index in [4.69, 9.17) is 4.74 Å². The van der Waals surface area contributed by atoms with Crippen LogP contribution in [0.3, 0.4) is 0 Å². The van der Waals surface area contributed by atoms with Crippen LogP contribution in [0.25, 0.3) is 0 Å². The van der Waals surface area contributed by atoms with Gasteiger partial charge in [-0.15, -0.1) is 0 Å². The van der Waals surface area contributed by atoms with Gasteiger partial charge in [-0.3, -0.25) is 13.9 Å². The number of benzene rings is 4. The molecule has 0 aliphatic heterocycles. The Morgan fingerprint density at radius 1 is 0.851 bits per heavy atom. The average molecular weight is 656 g/mol. The summed E-state index contributed by atoms with van der Waals surface area (Å²) in [5.41, 5.74) is 3.76. The number of para-hydroxylation sites is 1. The highest BCUT2D eigenvalue weighted by Gasteiger charge is 2.35. The van der Waals surface area contributed by atoms with Gasteiger partial charge in [0.2, 0.25) is 11.8 Å². The third-order valence-corrected chi connectivity index (χ3v) is 9.89. The summed E-state index contributed by atoms with van der Waals surface area (Å²) in [6.45, 7) is 5.93. The minimum absolute atomic E-state index is 0.0720. The molecule has 0 aliphatic carbocycles. The van der Waals surface area contributed by atoms with Crippen molar-refractivity contribution >= 4 is 27.5 Å². The molecular formula is C38H45N3O5S. The van der Waals surface area contributed by atoms with Crippen molar-refractivity contribution in [2.75, 3.05) is 24.5 Å². The molecule has 4 aromatic carbocycles. The molecule has 8 nitrogen and oxygen atoms in total. The number of nitrogens with one attached hydrogen (secondary N) is 1. The van der Waals surface area contributed by atoms with E-state index in [9.17, 15) is 18.0 Å². The Morgan fingerprint density at radius 3 is 2.21 bits per heavy atom. The Labute approximate surface area is 279 Å². The molecule has 1 atom stereocenters. The van der Waals surface area contributed by atoms with Crippen LogP contribution in [0, 0.1) is 6.92 Å². The van der Waals surface area contributed by atoms with Crippen LogP contribution in [-0.4, -0.2) is 51.4 Å². The predicted molar refractivity (Wildman–Crippen MR) is 187 cm³/mol. The maximum atomic E-state index is 14.7. The van der Waals surface area contributed by atoms with Gasteiger partial charge in [0.05, 0.1) is 17.7 Å². The van der Waals surface area contributed by atoms with E-state index >= 15 is 0 Å². The van der Waals surface area contributed by atoms with Crippen molar-refractivity contribution in [2.24, 2.45) is 0 Å². The van der Waals surface area contributed by atoms with Gasteiger partial charge in [-0.1, -0.05) is 98.6 Å². The van der Waals surface area contributed by atoms with Crippen molar-refractivity contribution in [1.82, 2.24) is 10.2 Å². The lowest BCUT2D eigenvalue weighted by atomic mass is 10.0. The summed E-state index contributed by atoms with van der Waals surface area (Å²) < 4.78 is 35.3. The number of anilines is 1. The summed E-state index contributed by atoms with van der Waals surface area (Å²) in [6, 6.07) is 29.8. The molecular weight excluding hydrogens is 611 g/mol. The van der Waals surface area contributed by atoms with Crippen LogP contribution in [0.1, 0.15) is 48.9 Å². The number of amides is 2. The van der Waals surface area contributed by atoms with E-state index in [0.717, 1.165) is 35.1 Å². The number of ether oxygens (including phenoxy) is 1. The Hall–Kier alpha value is -4.63. The van der Waals surface area contributed by atoms with Gasteiger partial charge in [-0.25, -0.2) is 8.42 Å². The van der Waals surface area contributed by atoms with Gasteiger partial charge in [-0.2, -0.15) is 0 Å². The molecule has 0 saturated heterocycles. The Kier molecular flexibility index (Phi) is 12.6. The first kappa shape index (κ1) is 35.2. The number of methoxy groups -OCH3 is 1. The number of nitrogens with zero attached hydrogens (tertiary/aromatic N) is 2. The van der Waals surface area contributed by atoms with E-state index in [1.165, 1.54) is 9.21 Å². The normalized spacial score (nSPS) is 11.8. The third kappa shape index (κ3) is 9.23. The number of carbonyl (C=O) groups excluding carboxylic acids is 2. The molecule has 2 amide bonds. The van der Waals surface area contributed by atoms with Gasteiger partial charge in [0, 0.05) is 19.5 Å². The smallest absolute Gasteiger partial charge is 0.264 e. The number of aryl methyl sites for hydroxylation is 2. The first-order valence-corrected chi connectivity index (χ1v) is 17.5. The molecule has 0 aliphatic rings. The predicted octanol–water partition coefficient (Wildman–Crippen LogP) is 6.32. The van der Waals surface area contributed by atoms with E-state index in [1.54, 1.807) is 43.5 Å². The maximum Gasteiger partial charge on any atom is 0.264 e. The van der Waals surface area contributed by atoms with Gasteiger partial charge in [-0.05, 0) is 66.8 Å². The van der Waals surface area contributed by atoms with Crippen molar-refractivity contribution in [3.05, 3.63) is 125 Å². The summed E-state index contributed by atoms with van der Waals surface area (Å²) in [5.74, 6) is -0.177. The van der Waals surface area contributed by atoms with Gasteiger partial charge < -0.3 is 15.0 Å². The SMILES string of the molecule is CCCCNC(=O)C(Cc1ccccc1)N(Cc1cccc(OC)c1)C(=O)CN(c1ccccc1CC)S(=O)(=O)c1ccc(C)cc1. The summed E-state index contributed by atoms with van der Waals surface area (Å²) in [6.07, 6.45) is 2.52. The fraction of sp³-hybridized carbons (Fsp3) is 0.316. The highest BCUT2D eigenvalue weighted by Crippen LogP contribution is 2.29. The van der Waals surface area contributed by atoms with Crippen molar-refractivity contribution in [3.63, 3.8) is 0 Å². The number of hydrogen-bond acceptors (Lipinski definition) is 5. The van der Waals surface area contributed by atoms with Crippen LogP contribution in [0.4, 0.5) is 5.69 Å². The molecule has 0 fully saturated rings. The van der Waals surface area contributed by atoms with Crippen molar-refractivity contribution in [2.45, 2.75) is 63.9 Å². The lowest BCUT2D eigenvalue weighted by Crippen LogP contribution is -2.53. The Morgan fingerprint density at radius 2 is 1.53 bits per heavy atom. The average Bonchev–Trinajstić information content (AvgIpc) is 3.09. The van der Waals surface area contributed by atoms with E-state index < -0.39 is 28.5 Å². The molecule has 0 bridgehead atoms. The zero-order valence-corrected chi connectivity index (χ0v) is 28.5. The zero-order chi connectivity index (χ0) is 33.8. The lowest BCUT2D eigenvalue weighted by Gasteiger charge is -2.34. The molecule has 0 radical (unpaired) electrons. The molecule has 9 heteroatoms. The largest absolute Gasteiger partial charge is 0.497 e. The van der Waals surface area contributed by atoms with Crippen LogP contribution in [0.5, 0.6) is 5.75 Å². The fourth-order valence-electron chi connectivity index (χ4n) is 5.43. The van der Waals surface area contributed by atoms with E-state index in [-0.39, 0.29) is 23.8 Å². The zero-order valence-electron chi connectivity index (χ0n) is 27.7. The van der Waals surface area contributed by atoms with Crippen molar-refractivity contribution < 1.29 is 22.7 Å². The van der Waals surface area contributed by atoms with Gasteiger partial charge in [0.25, 0.3) is 10.0 Å². The molecule has 4 rings (SSSR count). The molecule has 248 valence electrons. The standard InChI is InChI=1S/C38H45N3O5S/c1-5-7-24-39-38(43)36(26-30-14-9-8-10-15-30)40(27-31-16-13-18-33(25-31)46-4)37(42)28-41(35-19-12-11-17-32(35)6-2)47(44,45)34-22-20-29(3)21-23-34/h8-23,25,36H,5-7,24,26-28H2,1-4H3,(H,39,43). The number of rotatable bonds is 16. The number of sulfonamides is 1. The quantitative estimate of drug-likeness (QED) is 0.143. The minimum atomic E-state index is -4.17.